The molecule has 2 amide bonds. The largest absolute Gasteiger partial charge is 0.367 e. The third-order valence-electron chi connectivity index (χ3n) is 5.07. The number of likely N-dealkylation sites (tertiary alicyclic amines) is 2. The molecule has 2 aliphatic heterocycles. The first-order valence-corrected chi connectivity index (χ1v) is 8.84. The molecule has 0 aromatic carbocycles. The molecule has 2 saturated heterocycles. The predicted molar refractivity (Wildman–Crippen MR) is 88.9 cm³/mol. The van der Waals surface area contributed by atoms with Crippen LogP contribution in [-0.2, 0) is 16.0 Å². The van der Waals surface area contributed by atoms with Crippen molar-refractivity contribution in [1.82, 2.24) is 25.0 Å². The van der Waals surface area contributed by atoms with Gasteiger partial charge in [0.25, 0.3) is 0 Å². The van der Waals surface area contributed by atoms with Crippen LogP contribution in [0.5, 0.6) is 0 Å². The SMILES string of the molecule is Nc1n[nH]c(CCC(=O)N2CCC(CCN3CCCC3=O)CC2)n1. The van der Waals surface area contributed by atoms with Crippen molar-refractivity contribution in [2.45, 2.75) is 44.9 Å². The second kappa shape index (κ2) is 7.63. The average molecular weight is 334 g/mol. The smallest absolute Gasteiger partial charge is 0.239 e. The number of nitrogens with one attached hydrogen (secondary N) is 1. The van der Waals surface area contributed by atoms with Crippen LogP contribution in [0.4, 0.5) is 5.95 Å². The number of aromatic amines is 1. The van der Waals surface area contributed by atoms with E-state index in [9.17, 15) is 9.59 Å². The Balaban J connectivity index is 1.35. The Labute approximate surface area is 141 Å². The van der Waals surface area contributed by atoms with Crippen LogP contribution in [0.2, 0.25) is 0 Å². The summed E-state index contributed by atoms with van der Waals surface area (Å²) in [6.07, 6.45) is 5.81. The van der Waals surface area contributed by atoms with Crippen molar-refractivity contribution in [3.8, 4) is 0 Å². The number of aryl methyl sites for hydroxylation is 1. The van der Waals surface area contributed by atoms with Gasteiger partial charge in [0.15, 0.2) is 0 Å². The molecule has 2 fully saturated rings. The number of aromatic nitrogens is 3. The number of amides is 2. The normalized spacial score (nSPS) is 19.2. The number of nitrogens with two attached hydrogens (primary N) is 1. The van der Waals surface area contributed by atoms with Gasteiger partial charge in [-0.1, -0.05) is 0 Å². The molecule has 2 aliphatic rings. The van der Waals surface area contributed by atoms with Crippen molar-refractivity contribution >= 4 is 17.8 Å². The lowest BCUT2D eigenvalue weighted by molar-refractivity contribution is -0.132. The Hall–Kier alpha value is -2.12. The van der Waals surface area contributed by atoms with Gasteiger partial charge in [-0.3, -0.25) is 14.7 Å². The number of nitrogen functional groups attached to an aromatic ring is 1. The summed E-state index contributed by atoms with van der Waals surface area (Å²) in [6.45, 7) is 3.43. The van der Waals surface area contributed by atoms with Gasteiger partial charge in [0.1, 0.15) is 5.82 Å². The number of nitrogens with zero attached hydrogens (tertiary/aromatic N) is 4. The van der Waals surface area contributed by atoms with Crippen LogP contribution in [0.25, 0.3) is 0 Å². The van der Waals surface area contributed by atoms with E-state index in [-0.39, 0.29) is 11.9 Å². The van der Waals surface area contributed by atoms with Crippen molar-refractivity contribution in [2.24, 2.45) is 5.92 Å². The zero-order valence-electron chi connectivity index (χ0n) is 14.0. The molecule has 0 spiro atoms. The molecule has 0 radical (unpaired) electrons. The molecule has 24 heavy (non-hydrogen) atoms. The number of anilines is 1. The van der Waals surface area contributed by atoms with E-state index in [1.807, 2.05) is 9.80 Å². The monoisotopic (exact) mass is 334 g/mol. The number of H-pyrrole nitrogens is 1. The van der Waals surface area contributed by atoms with E-state index in [1.165, 1.54) is 0 Å². The number of rotatable bonds is 6. The van der Waals surface area contributed by atoms with Crippen LogP contribution in [0, 0.1) is 5.92 Å². The number of hydrogen-bond acceptors (Lipinski definition) is 5. The first-order valence-electron chi connectivity index (χ1n) is 8.84. The van der Waals surface area contributed by atoms with Gasteiger partial charge in [0.05, 0.1) is 0 Å². The standard InChI is InChI=1S/C16H26N6O2/c17-16-18-13(19-20-16)3-4-15(24)22-10-6-12(7-11-22)5-9-21-8-1-2-14(21)23/h12H,1-11H2,(H3,17,18,19,20). The van der Waals surface area contributed by atoms with E-state index in [0.717, 1.165) is 51.9 Å². The van der Waals surface area contributed by atoms with Crippen molar-refractivity contribution in [3.63, 3.8) is 0 Å². The van der Waals surface area contributed by atoms with Crippen LogP contribution in [0.1, 0.15) is 44.3 Å². The molecular weight excluding hydrogens is 308 g/mol. The van der Waals surface area contributed by atoms with Gasteiger partial charge in [-0.15, -0.1) is 5.10 Å². The first-order chi connectivity index (χ1) is 11.6. The van der Waals surface area contributed by atoms with Crippen molar-refractivity contribution in [1.29, 1.82) is 0 Å². The number of piperidine rings is 1. The molecule has 8 nitrogen and oxygen atoms in total. The van der Waals surface area contributed by atoms with Crippen LogP contribution in [0.3, 0.4) is 0 Å². The Morgan fingerprint density at radius 3 is 2.71 bits per heavy atom. The van der Waals surface area contributed by atoms with E-state index >= 15 is 0 Å². The van der Waals surface area contributed by atoms with Gasteiger partial charge in [-0.25, -0.2) is 0 Å². The second-order valence-electron chi connectivity index (χ2n) is 6.74. The summed E-state index contributed by atoms with van der Waals surface area (Å²) in [4.78, 5) is 31.9. The van der Waals surface area contributed by atoms with E-state index < -0.39 is 0 Å². The Bertz CT molecular complexity index is 579. The highest BCUT2D eigenvalue weighted by Crippen LogP contribution is 2.22. The Kier molecular flexibility index (Phi) is 5.32. The highest BCUT2D eigenvalue weighted by atomic mass is 16.2. The molecule has 8 heteroatoms. The lowest BCUT2D eigenvalue weighted by Crippen LogP contribution is -2.39. The van der Waals surface area contributed by atoms with Gasteiger partial charge in [-0.05, 0) is 31.6 Å². The second-order valence-corrected chi connectivity index (χ2v) is 6.74. The van der Waals surface area contributed by atoms with Crippen LogP contribution in [-0.4, -0.2) is 63.0 Å². The molecule has 0 aliphatic carbocycles. The fourth-order valence-corrected chi connectivity index (χ4v) is 3.56. The maximum Gasteiger partial charge on any atom is 0.239 e. The number of carbonyl (C=O) groups is 2. The average Bonchev–Trinajstić information content (AvgIpc) is 3.19. The number of hydrogen-bond donors (Lipinski definition) is 2. The summed E-state index contributed by atoms with van der Waals surface area (Å²) < 4.78 is 0. The lowest BCUT2D eigenvalue weighted by atomic mass is 9.93. The van der Waals surface area contributed by atoms with Gasteiger partial charge >= 0.3 is 0 Å². The van der Waals surface area contributed by atoms with E-state index in [2.05, 4.69) is 15.2 Å². The van der Waals surface area contributed by atoms with Crippen molar-refractivity contribution < 1.29 is 9.59 Å². The molecule has 1 aromatic heterocycles. The predicted octanol–water partition coefficient (Wildman–Crippen LogP) is 0.571. The highest BCUT2D eigenvalue weighted by molar-refractivity contribution is 5.78. The molecule has 132 valence electrons. The van der Waals surface area contributed by atoms with Gasteiger partial charge in [-0.2, -0.15) is 4.98 Å². The zero-order chi connectivity index (χ0) is 16.9. The molecule has 1 aromatic rings. The third-order valence-corrected chi connectivity index (χ3v) is 5.07. The molecule has 0 saturated carbocycles. The fourth-order valence-electron chi connectivity index (χ4n) is 3.56. The van der Waals surface area contributed by atoms with Crippen LogP contribution < -0.4 is 5.73 Å². The summed E-state index contributed by atoms with van der Waals surface area (Å²) in [7, 11) is 0. The minimum atomic E-state index is 0.165. The quantitative estimate of drug-likeness (QED) is 0.791. The highest BCUT2D eigenvalue weighted by Gasteiger charge is 2.25. The molecule has 0 bridgehead atoms. The van der Waals surface area contributed by atoms with Crippen molar-refractivity contribution in [2.75, 3.05) is 31.9 Å². The van der Waals surface area contributed by atoms with Crippen LogP contribution >= 0.6 is 0 Å². The molecule has 0 unspecified atom stereocenters. The third kappa shape index (κ3) is 4.24. The summed E-state index contributed by atoms with van der Waals surface area (Å²) >= 11 is 0. The lowest BCUT2D eigenvalue weighted by Gasteiger charge is -2.32. The van der Waals surface area contributed by atoms with Gasteiger partial charge < -0.3 is 15.5 Å². The molecular formula is C16H26N6O2. The minimum absolute atomic E-state index is 0.165. The Morgan fingerprint density at radius 1 is 1.29 bits per heavy atom. The summed E-state index contributed by atoms with van der Waals surface area (Å²) in [6, 6.07) is 0. The fraction of sp³-hybridized carbons (Fsp3) is 0.750. The van der Waals surface area contributed by atoms with Crippen molar-refractivity contribution in [3.05, 3.63) is 5.82 Å². The Morgan fingerprint density at radius 2 is 2.08 bits per heavy atom. The maximum atomic E-state index is 12.3. The molecule has 0 atom stereocenters. The number of carbonyl (C=O) groups excluding carboxylic acids is 2. The first kappa shape index (κ1) is 16.7. The van der Waals surface area contributed by atoms with Gasteiger partial charge in [0.2, 0.25) is 17.8 Å². The van der Waals surface area contributed by atoms with E-state index in [4.69, 9.17) is 5.73 Å². The summed E-state index contributed by atoms with van der Waals surface area (Å²) in [5.74, 6) is 1.96. The molecule has 3 rings (SSSR count). The summed E-state index contributed by atoms with van der Waals surface area (Å²) in [5, 5.41) is 6.49. The van der Waals surface area contributed by atoms with Gasteiger partial charge in [0, 0.05) is 45.4 Å². The molecule has 3 heterocycles. The maximum absolute atomic E-state index is 12.3. The summed E-state index contributed by atoms with van der Waals surface area (Å²) in [5.41, 5.74) is 5.45. The van der Waals surface area contributed by atoms with Crippen LogP contribution in [0.15, 0.2) is 0 Å². The molecule has 3 N–H and O–H groups in total. The van der Waals surface area contributed by atoms with E-state index in [1.54, 1.807) is 0 Å². The minimum Gasteiger partial charge on any atom is -0.367 e. The zero-order valence-corrected chi connectivity index (χ0v) is 14.0. The van der Waals surface area contributed by atoms with E-state index in [0.29, 0.717) is 36.9 Å². The topological polar surface area (TPSA) is 108 Å².